The number of anilines is 1. The van der Waals surface area contributed by atoms with E-state index in [9.17, 15) is 4.79 Å². The summed E-state index contributed by atoms with van der Waals surface area (Å²) in [5, 5.41) is 4.14. The molecule has 2 heterocycles. The number of fused-ring (bicyclic) bond motifs is 1. The molecule has 0 saturated heterocycles. The highest BCUT2D eigenvalue weighted by Crippen LogP contribution is 2.24. The second-order valence-electron chi connectivity index (χ2n) is 5.94. The lowest BCUT2D eigenvalue weighted by molar-refractivity contribution is -0.116. The van der Waals surface area contributed by atoms with Gasteiger partial charge in [0.25, 0.3) is 0 Å². The summed E-state index contributed by atoms with van der Waals surface area (Å²) < 4.78 is 4.24. The minimum absolute atomic E-state index is 0.0994. The lowest BCUT2D eigenvalue weighted by Crippen LogP contribution is -2.11. The Hall–Kier alpha value is -2.49. The molecule has 0 radical (unpaired) electrons. The highest BCUT2D eigenvalue weighted by atomic mass is 16.1. The van der Waals surface area contributed by atoms with Crippen molar-refractivity contribution in [3.05, 3.63) is 55.0 Å². The molecule has 0 bridgehead atoms. The first-order valence-electron chi connectivity index (χ1n) is 8.19. The normalized spacial score (nSPS) is 11.0. The zero-order valence-corrected chi connectivity index (χ0v) is 13.5. The Kier molecular flexibility index (Phi) is 4.81. The first-order valence-corrected chi connectivity index (χ1v) is 8.19. The van der Waals surface area contributed by atoms with Crippen molar-refractivity contribution < 1.29 is 4.79 Å². The van der Waals surface area contributed by atoms with Crippen LogP contribution >= 0.6 is 0 Å². The summed E-state index contributed by atoms with van der Waals surface area (Å²) >= 11 is 0. The van der Waals surface area contributed by atoms with Crippen molar-refractivity contribution in [1.82, 2.24) is 9.13 Å². The molecule has 2 aromatic heterocycles. The number of nitrogens with one attached hydrogen (secondary N) is 1. The van der Waals surface area contributed by atoms with Crippen molar-refractivity contribution in [2.24, 2.45) is 7.05 Å². The Morgan fingerprint density at radius 2 is 1.83 bits per heavy atom. The van der Waals surface area contributed by atoms with Crippen LogP contribution in [0.15, 0.2) is 55.0 Å². The number of carbonyl (C=O) groups is 1. The molecule has 3 aromatic rings. The third kappa shape index (κ3) is 3.83. The van der Waals surface area contributed by atoms with Gasteiger partial charge in [-0.05, 0) is 43.2 Å². The third-order valence-electron chi connectivity index (χ3n) is 4.19. The van der Waals surface area contributed by atoms with Gasteiger partial charge >= 0.3 is 0 Å². The van der Waals surface area contributed by atoms with Gasteiger partial charge in [-0.25, -0.2) is 0 Å². The van der Waals surface area contributed by atoms with Gasteiger partial charge in [0, 0.05) is 49.5 Å². The first kappa shape index (κ1) is 15.4. The van der Waals surface area contributed by atoms with Crippen LogP contribution in [0.4, 0.5) is 5.69 Å². The van der Waals surface area contributed by atoms with E-state index in [4.69, 9.17) is 0 Å². The number of hydrogen-bond donors (Lipinski definition) is 1. The van der Waals surface area contributed by atoms with E-state index in [2.05, 4.69) is 32.9 Å². The number of aryl methyl sites for hydroxylation is 2. The molecule has 0 unspecified atom stereocenters. The van der Waals surface area contributed by atoms with Gasteiger partial charge in [-0.3, -0.25) is 4.79 Å². The fourth-order valence-electron chi connectivity index (χ4n) is 2.90. The molecule has 0 aliphatic heterocycles. The van der Waals surface area contributed by atoms with Gasteiger partial charge in [-0.1, -0.05) is 12.5 Å². The van der Waals surface area contributed by atoms with E-state index < -0.39 is 0 Å². The Bertz CT molecular complexity index is 771. The van der Waals surface area contributed by atoms with Crippen molar-refractivity contribution in [2.75, 3.05) is 5.32 Å². The summed E-state index contributed by atoms with van der Waals surface area (Å²) in [4.78, 5) is 12.1. The van der Waals surface area contributed by atoms with Crippen molar-refractivity contribution >= 4 is 22.5 Å². The Labute approximate surface area is 136 Å². The lowest BCUT2D eigenvalue weighted by atomic mass is 10.1. The minimum atomic E-state index is 0.0994. The molecule has 3 rings (SSSR count). The predicted molar refractivity (Wildman–Crippen MR) is 94.4 cm³/mol. The van der Waals surface area contributed by atoms with E-state index in [-0.39, 0.29) is 5.91 Å². The van der Waals surface area contributed by atoms with E-state index in [1.54, 1.807) is 0 Å². The molecule has 120 valence electrons. The van der Waals surface area contributed by atoms with Crippen LogP contribution in [0.25, 0.3) is 10.9 Å². The van der Waals surface area contributed by atoms with Gasteiger partial charge in [0.1, 0.15) is 0 Å². The van der Waals surface area contributed by atoms with E-state index in [1.807, 2.05) is 43.6 Å². The Morgan fingerprint density at radius 1 is 1.00 bits per heavy atom. The van der Waals surface area contributed by atoms with Crippen LogP contribution in [-0.4, -0.2) is 15.0 Å². The zero-order chi connectivity index (χ0) is 16.1. The maximum Gasteiger partial charge on any atom is 0.224 e. The molecule has 4 heteroatoms. The first-order chi connectivity index (χ1) is 11.2. The quantitative estimate of drug-likeness (QED) is 0.653. The standard InChI is InChI=1S/C19H23N3O/c1-21-15-11-16-17(8-7-9-18(16)21)20-19(23)10-3-2-4-12-22-13-5-6-14-22/h5-9,11,13-15H,2-4,10,12H2,1H3,(H,20,23). The molecule has 1 aromatic carbocycles. The molecule has 0 spiro atoms. The molecule has 23 heavy (non-hydrogen) atoms. The molecule has 1 N–H and O–H groups in total. The maximum atomic E-state index is 12.1. The van der Waals surface area contributed by atoms with Crippen molar-refractivity contribution in [3.8, 4) is 0 Å². The number of nitrogens with zero attached hydrogens (tertiary/aromatic N) is 2. The molecular weight excluding hydrogens is 286 g/mol. The third-order valence-corrected chi connectivity index (χ3v) is 4.19. The summed E-state index contributed by atoms with van der Waals surface area (Å²) in [6, 6.07) is 12.1. The van der Waals surface area contributed by atoms with Gasteiger partial charge < -0.3 is 14.5 Å². The largest absolute Gasteiger partial charge is 0.354 e. The number of aromatic nitrogens is 2. The molecule has 0 atom stereocenters. The average molecular weight is 309 g/mol. The summed E-state index contributed by atoms with van der Waals surface area (Å²) in [5.41, 5.74) is 2.04. The van der Waals surface area contributed by atoms with Gasteiger partial charge in [0.05, 0.1) is 5.69 Å². The Morgan fingerprint density at radius 3 is 2.65 bits per heavy atom. The molecular formula is C19H23N3O. The van der Waals surface area contributed by atoms with Crippen molar-refractivity contribution in [3.63, 3.8) is 0 Å². The van der Waals surface area contributed by atoms with E-state index in [1.165, 1.54) is 0 Å². The zero-order valence-electron chi connectivity index (χ0n) is 13.5. The Balaban J connectivity index is 1.45. The van der Waals surface area contributed by atoms with Crippen LogP contribution < -0.4 is 5.32 Å². The summed E-state index contributed by atoms with van der Waals surface area (Å²) in [5.74, 6) is 0.0994. The summed E-state index contributed by atoms with van der Waals surface area (Å²) in [7, 11) is 2.01. The monoisotopic (exact) mass is 309 g/mol. The van der Waals surface area contributed by atoms with Gasteiger partial charge in [-0.15, -0.1) is 0 Å². The smallest absolute Gasteiger partial charge is 0.224 e. The van der Waals surface area contributed by atoms with Crippen LogP contribution in [0, 0.1) is 0 Å². The van der Waals surface area contributed by atoms with Crippen molar-refractivity contribution in [1.29, 1.82) is 0 Å². The van der Waals surface area contributed by atoms with Crippen LogP contribution in [0.5, 0.6) is 0 Å². The number of amides is 1. The number of rotatable bonds is 7. The van der Waals surface area contributed by atoms with E-state index >= 15 is 0 Å². The van der Waals surface area contributed by atoms with Crippen LogP contribution in [-0.2, 0) is 18.4 Å². The second-order valence-corrected chi connectivity index (χ2v) is 5.94. The fraction of sp³-hybridized carbons (Fsp3) is 0.316. The molecule has 0 aliphatic rings. The second kappa shape index (κ2) is 7.18. The van der Waals surface area contributed by atoms with Crippen LogP contribution in [0.1, 0.15) is 25.7 Å². The molecule has 4 nitrogen and oxygen atoms in total. The number of unbranched alkanes of at least 4 members (excludes halogenated alkanes) is 2. The average Bonchev–Trinajstić information content (AvgIpc) is 3.18. The van der Waals surface area contributed by atoms with E-state index in [0.717, 1.165) is 42.4 Å². The molecule has 0 saturated carbocycles. The summed E-state index contributed by atoms with van der Waals surface area (Å²) in [6.07, 6.45) is 9.85. The SMILES string of the molecule is Cn1ccc2c(NC(=O)CCCCCn3cccc3)cccc21. The molecule has 1 amide bonds. The topological polar surface area (TPSA) is 39.0 Å². The number of benzene rings is 1. The van der Waals surface area contributed by atoms with E-state index in [0.29, 0.717) is 6.42 Å². The van der Waals surface area contributed by atoms with Crippen LogP contribution in [0.3, 0.4) is 0 Å². The minimum Gasteiger partial charge on any atom is -0.354 e. The van der Waals surface area contributed by atoms with Gasteiger partial charge in [-0.2, -0.15) is 0 Å². The predicted octanol–water partition coefficient (Wildman–Crippen LogP) is 4.18. The number of carbonyl (C=O) groups excluding carboxylic acids is 1. The summed E-state index contributed by atoms with van der Waals surface area (Å²) in [6.45, 7) is 1.03. The molecule has 0 aliphatic carbocycles. The van der Waals surface area contributed by atoms with Gasteiger partial charge in [0.15, 0.2) is 0 Å². The highest BCUT2D eigenvalue weighted by molar-refractivity contribution is 6.01. The fourth-order valence-corrected chi connectivity index (χ4v) is 2.90. The van der Waals surface area contributed by atoms with Gasteiger partial charge in [0.2, 0.25) is 5.91 Å². The van der Waals surface area contributed by atoms with Crippen molar-refractivity contribution in [2.45, 2.75) is 32.2 Å². The highest BCUT2D eigenvalue weighted by Gasteiger charge is 2.07. The lowest BCUT2D eigenvalue weighted by Gasteiger charge is -2.07. The molecule has 0 fully saturated rings. The maximum absolute atomic E-state index is 12.1. The van der Waals surface area contributed by atoms with Crippen LogP contribution in [0.2, 0.25) is 0 Å². The number of hydrogen-bond acceptors (Lipinski definition) is 1.